The van der Waals surface area contributed by atoms with Gasteiger partial charge >= 0.3 is 0 Å². The average molecular weight is 521 g/mol. The van der Waals surface area contributed by atoms with E-state index in [0.29, 0.717) is 16.6 Å². The molecule has 2 atom stereocenters. The van der Waals surface area contributed by atoms with Gasteiger partial charge in [-0.2, -0.15) is 10.1 Å². The van der Waals surface area contributed by atoms with E-state index in [0.717, 1.165) is 22.4 Å². The number of nitrogens with zero attached hydrogens (tertiary/aromatic N) is 3. The number of hydrazone groups is 1. The van der Waals surface area contributed by atoms with Crippen LogP contribution in [0.2, 0.25) is 5.02 Å². The van der Waals surface area contributed by atoms with E-state index in [1.54, 1.807) is 17.1 Å². The first-order valence-electron chi connectivity index (χ1n) is 11.4. The van der Waals surface area contributed by atoms with Crippen LogP contribution in [0.3, 0.4) is 0 Å². The number of amides is 2. The zero-order valence-corrected chi connectivity index (χ0v) is 20.9. The molecule has 1 N–H and O–H groups in total. The molecule has 3 aromatic carbocycles. The maximum atomic E-state index is 13.9. The molecule has 0 aromatic heterocycles. The van der Waals surface area contributed by atoms with Gasteiger partial charge in [0, 0.05) is 17.9 Å². The number of para-hydroxylation sites is 1. The fourth-order valence-electron chi connectivity index (χ4n) is 4.12. The van der Waals surface area contributed by atoms with E-state index in [9.17, 15) is 14.0 Å². The maximum Gasteiger partial charge on any atom is 0.262 e. The molecule has 0 unspecified atom stereocenters. The van der Waals surface area contributed by atoms with E-state index in [-0.39, 0.29) is 18.2 Å². The smallest absolute Gasteiger partial charge is 0.262 e. The molecular formula is C27H22ClFN4O2S. The summed E-state index contributed by atoms with van der Waals surface area (Å²) in [6.45, 7) is 2.03. The number of amidine groups is 1. The van der Waals surface area contributed by atoms with Crippen LogP contribution in [-0.4, -0.2) is 33.0 Å². The molecular weight excluding hydrogens is 499 g/mol. The molecule has 2 aliphatic heterocycles. The Hall–Kier alpha value is -3.49. The number of halogens is 2. The second kappa shape index (κ2) is 10.2. The van der Waals surface area contributed by atoms with Crippen LogP contribution in [0.4, 0.5) is 10.1 Å². The van der Waals surface area contributed by atoms with Crippen LogP contribution in [0, 0.1) is 12.7 Å². The van der Waals surface area contributed by atoms with Crippen molar-refractivity contribution in [2.45, 2.75) is 31.1 Å². The van der Waals surface area contributed by atoms with Gasteiger partial charge in [0.2, 0.25) is 5.91 Å². The van der Waals surface area contributed by atoms with Crippen molar-refractivity contribution in [3.63, 3.8) is 0 Å². The van der Waals surface area contributed by atoms with Crippen molar-refractivity contribution in [1.29, 1.82) is 0 Å². The second-order valence-electron chi connectivity index (χ2n) is 8.60. The molecule has 0 saturated heterocycles. The van der Waals surface area contributed by atoms with Crippen molar-refractivity contribution in [3.05, 3.63) is 100 Å². The van der Waals surface area contributed by atoms with Crippen molar-refractivity contribution < 1.29 is 14.0 Å². The molecule has 6 nitrogen and oxygen atoms in total. The Bertz CT molecular complexity index is 1390. The number of hydrogen-bond donors (Lipinski definition) is 1. The molecule has 2 aliphatic rings. The van der Waals surface area contributed by atoms with Crippen molar-refractivity contribution in [1.82, 2.24) is 5.01 Å². The third-order valence-electron chi connectivity index (χ3n) is 5.97. The van der Waals surface area contributed by atoms with E-state index in [1.165, 1.54) is 23.9 Å². The van der Waals surface area contributed by atoms with Crippen LogP contribution < -0.4 is 5.32 Å². The number of aliphatic imine (C=N–C) groups is 1. The lowest BCUT2D eigenvalue weighted by atomic mass is 9.98. The molecule has 0 aliphatic carbocycles. The van der Waals surface area contributed by atoms with E-state index in [1.807, 2.05) is 55.5 Å². The predicted octanol–water partition coefficient (Wildman–Crippen LogP) is 5.97. The number of carbonyl (C=O) groups excluding carboxylic acids is 2. The minimum absolute atomic E-state index is 0.0759. The lowest BCUT2D eigenvalue weighted by molar-refractivity contribution is -0.121. The summed E-state index contributed by atoms with van der Waals surface area (Å²) in [4.78, 5) is 29.5. The molecule has 3 aromatic rings. The summed E-state index contributed by atoms with van der Waals surface area (Å²) in [6.07, 6.45) is 0.477. The van der Waals surface area contributed by atoms with Crippen molar-refractivity contribution in [2.24, 2.45) is 10.1 Å². The third-order valence-corrected chi connectivity index (χ3v) is 7.35. The summed E-state index contributed by atoms with van der Waals surface area (Å²) in [6, 6.07) is 21.4. The Morgan fingerprint density at radius 2 is 1.92 bits per heavy atom. The lowest BCUT2D eigenvalue weighted by Crippen LogP contribution is -2.25. The highest BCUT2D eigenvalue weighted by molar-refractivity contribution is 8.15. The molecule has 0 fully saturated rings. The van der Waals surface area contributed by atoms with Gasteiger partial charge in [-0.1, -0.05) is 77.5 Å². The van der Waals surface area contributed by atoms with Crippen LogP contribution in [0.1, 0.15) is 35.6 Å². The maximum absolute atomic E-state index is 13.9. The SMILES string of the molecule is Cc1ccc(C2=NN(C3=NC(=O)[C@@H](CC(=O)Nc4ccccc4F)S3)[C@@H](c3cccc(Cl)c3)C2)cc1. The van der Waals surface area contributed by atoms with Gasteiger partial charge in [0.1, 0.15) is 11.1 Å². The fourth-order valence-corrected chi connectivity index (χ4v) is 5.38. The second-order valence-corrected chi connectivity index (χ2v) is 10.2. The molecule has 2 heterocycles. The highest BCUT2D eigenvalue weighted by Gasteiger charge is 2.39. The summed E-state index contributed by atoms with van der Waals surface area (Å²) in [5, 5.41) is 9.43. The number of anilines is 1. The number of aryl methyl sites for hydroxylation is 1. The average Bonchev–Trinajstić information content (AvgIpc) is 3.45. The van der Waals surface area contributed by atoms with Crippen LogP contribution in [0.5, 0.6) is 0 Å². The molecule has 36 heavy (non-hydrogen) atoms. The Labute approximate surface area is 217 Å². The van der Waals surface area contributed by atoms with Crippen molar-refractivity contribution in [3.8, 4) is 0 Å². The van der Waals surface area contributed by atoms with E-state index >= 15 is 0 Å². The normalized spacial score (nSPS) is 19.3. The number of thioether (sulfide) groups is 1. The van der Waals surface area contributed by atoms with Gasteiger partial charge in [-0.15, -0.1) is 0 Å². The van der Waals surface area contributed by atoms with E-state index in [4.69, 9.17) is 16.7 Å². The highest BCUT2D eigenvalue weighted by Crippen LogP contribution is 2.39. The van der Waals surface area contributed by atoms with Crippen molar-refractivity contribution >= 4 is 51.7 Å². The predicted molar refractivity (Wildman–Crippen MR) is 142 cm³/mol. The van der Waals surface area contributed by atoms with Gasteiger partial charge in [-0.3, -0.25) is 9.59 Å². The summed E-state index contributed by atoms with van der Waals surface area (Å²) in [5.74, 6) is -1.41. The van der Waals surface area contributed by atoms with Gasteiger partial charge in [0.05, 0.1) is 17.4 Å². The fraction of sp³-hybridized carbons (Fsp3) is 0.185. The minimum atomic E-state index is -0.717. The molecule has 9 heteroatoms. The topological polar surface area (TPSA) is 74.1 Å². The van der Waals surface area contributed by atoms with Gasteiger partial charge in [0.25, 0.3) is 5.91 Å². The van der Waals surface area contributed by atoms with Crippen LogP contribution in [-0.2, 0) is 9.59 Å². The van der Waals surface area contributed by atoms with Crippen LogP contribution in [0.15, 0.2) is 82.9 Å². The van der Waals surface area contributed by atoms with E-state index in [2.05, 4.69) is 10.3 Å². The Kier molecular flexibility index (Phi) is 6.89. The zero-order chi connectivity index (χ0) is 25.2. The minimum Gasteiger partial charge on any atom is -0.324 e. The molecule has 5 rings (SSSR count). The number of carbonyl (C=O) groups is 2. The summed E-state index contributed by atoms with van der Waals surface area (Å²) in [5.41, 5.74) is 4.04. The number of rotatable bonds is 5. The van der Waals surface area contributed by atoms with Crippen LogP contribution in [0.25, 0.3) is 0 Å². The largest absolute Gasteiger partial charge is 0.324 e. The van der Waals surface area contributed by atoms with Gasteiger partial charge in [-0.05, 0) is 42.3 Å². The molecule has 182 valence electrons. The molecule has 0 saturated carbocycles. The zero-order valence-electron chi connectivity index (χ0n) is 19.3. The first-order chi connectivity index (χ1) is 17.4. The molecule has 0 spiro atoms. The summed E-state index contributed by atoms with van der Waals surface area (Å²) in [7, 11) is 0. The van der Waals surface area contributed by atoms with E-state index < -0.39 is 22.9 Å². The Balaban J connectivity index is 1.36. The molecule has 2 amide bonds. The first-order valence-corrected chi connectivity index (χ1v) is 12.7. The standard InChI is InChI=1S/C27H22ClFN4O2S/c1-16-9-11-17(12-10-16)22-14-23(18-5-4-6-19(28)13-18)33(32-22)27-31-26(35)24(36-27)15-25(34)30-21-8-3-2-7-20(21)29/h2-13,23-24H,14-15H2,1H3,(H,30,34)/t23-,24-/m1/s1. The quantitative estimate of drug-likeness (QED) is 0.450. The summed E-state index contributed by atoms with van der Waals surface area (Å²) < 4.78 is 13.9. The third kappa shape index (κ3) is 5.20. The van der Waals surface area contributed by atoms with Gasteiger partial charge in [-0.25, -0.2) is 9.40 Å². The first kappa shape index (κ1) is 24.2. The molecule has 0 bridgehead atoms. The van der Waals surface area contributed by atoms with Gasteiger partial charge in [0.15, 0.2) is 5.17 Å². The number of benzene rings is 3. The lowest BCUT2D eigenvalue weighted by Gasteiger charge is -2.23. The van der Waals surface area contributed by atoms with Gasteiger partial charge < -0.3 is 5.32 Å². The van der Waals surface area contributed by atoms with Crippen molar-refractivity contribution in [2.75, 3.05) is 5.32 Å². The van der Waals surface area contributed by atoms with Crippen LogP contribution >= 0.6 is 23.4 Å². The Morgan fingerprint density at radius 1 is 1.14 bits per heavy atom. The Morgan fingerprint density at radius 3 is 2.67 bits per heavy atom. The number of hydrogen-bond acceptors (Lipinski definition) is 5. The number of nitrogens with one attached hydrogen (secondary N) is 1. The molecule has 0 radical (unpaired) electrons. The summed E-state index contributed by atoms with van der Waals surface area (Å²) >= 11 is 7.46. The monoisotopic (exact) mass is 520 g/mol. The highest BCUT2D eigenvalue weighted by atomic mass is 35.5.